The van der Waals surface area contributed by atoms with Gasteiger partial charge in [0.15, 0.2) is 0 Å². The van der Waals surface area contributed by atoms with Gasteiger partial charge in [0.05, 0.1) is 11.9 Å². The summed E-state index contributed by atoms with van der Waals surface area (Å²) >= 11 is 0. The molecule has 0 saturated carbocycles. The van der Waals surface area contributed by atoms with E-state index in [-0.39, 0.29) is 5.75 Å². The molecular weight excluding hydrogens is 162 g/mol. The molecule has 0 atom stereocenters. The molecule has 0 aliphatic heterocycles. The minimum atomic E-state index is 0.139. The van der Waals surface area contributed by atoms with Crippen LogP contribution in [0, 0.1) is 6.07 Å². The first-order valence-corrected chi connectivity index (χ1v) is 3.98. The maximum Gasteiger partial charge on any atom is 0.134 e. The third-order valence-electron chi connectivity index (χ3n) is 1.73. The fourth-order valence-electron chi connectivity index (χ4n) is 1.10. The van der Waals surface area contributed by atoms with E-state index in [0.29, 0.717) is 0 Å². The summed E-state index contributed by atoms with van der Waals surface area (Å²) in [6, 6.07) is 14.1. The van der Waals surface area contributed by atoms with Gasteiger partial charge in [-0.15, -0.1) is 0 Å². The van der Waals surface area contributed by atoms with Gasteiger partial charge in [-0.3, -0.25) is 4.98 Å². The number of aromatic nitrogens is 1. The van der Waals surface area contributed by atoms with Crippen molar-refractivity contribution >= 4 is 0 Å². The van der Waals surface area contributed by atoms with E-state index in [9.17, 15) is 0 Å². The summed E-state index contributed by atoms with van der Waals surface area (Å²) in [6.45, 7) is 0. The smallest absolute Gasteiger partial charge is 0.134 e. The van der Waals surface area contributed by atoms with Crippen LogP contribution in [-0.4, -0.2) is 10.1 Å². The molecule has 1 heterocycles. The van der Waals surface area contributed by atoms with Crippen LogP contribution in [0.3, 0.4) is 0 Å². The average molecular weight is 170 g/mol. The Balaban J connectivity index is 2.42. The fraction of sp³-hybridized carbons (Fsp3) is 0. The van der Waals surface area contributed by atoms with Crippen LogP contribution in [0.1, 0.15) is 0 Å². The monoisotopic (exact) mass is 170 g/mol. The number of pyridine rings is 1. The Hall–Kier alpha value is -1.83. The van der Waals surface area contributed by atoms with Gasteiger partial charge in [-0.1, -0.05) is 30.3 Å². The highest BCUT2D eigenvalue weighted by Gasteiger charge is 1.97. The van der Waals surface area contributed by atoms with Crippen molar-refractivity contribution in [3.8, 4) is 17.0 Å². The standard InChI is InChI=1S/C11H8NO/c13-10-6-7-11(12-8-10)9-4-2-1-3-5-9/h1-6,8,13H. The summed E-state index contributed by atoms with van der Waals surface area (Å²) in [5.74, 6) is 0.139. The minimum Gasteiger partial charge on any atom is -0.506 e. The van der Waals surface area contributed by atoms with Gasteiger partial charge in [-0.25, -0.2) is 0 Å². The van der Waals surface area contributed by atoms with Crippen molar-refractivity contribution in [2.24, 2.45) is 0 Å². The van der Waals surface area contributed by atoms with Gasteiger partial charge in [0, 0.05) is 11.6 Å². The summed E-state index contributed by atoms with van der Waals surface area (Å²) in [5, 5.41) is 9.01. The van der Waals surface area contributed by atoms with Crippen molar-refractivity contribution in [2.45, 2.75) is 0 Å². The Morgan fingerprint density at radius 3 is 2.54 bits per heavy atom. The van der Waals surface area contributed by atoms with Crippen molar-refractivity contribution in [1.29, 1.82) is 0 Å². The highest BCUT2D eigenvalue weighted by Crippen LogP contribution is 2.17. The molecule has 0 aliphatic rings. The molecule has 0 amide bonds. The molecule has 13 heavy (non-hydrogen) atoms. The lowest BCUT2D eigenvalue weighted by Gasteiger charge is -1.98. The van der Waals surface area contributed by atoms with Crippen LogP contribution in [0.2, 0.25) is 0 Å². The van der Waals surface area contributed by atoms with E-state index in [2.05, 4.69) is 11.1 Å². The van der Waals surface area contributed by atoms with Gasteiger partial charge < -0.3 is 5.11 Å². The lowest BCUT2D eigenvalue weighted by Crippen LogP contribution is -1.81. The van der Waals surface area contributed by atoms with E-state index >= 15 is 0 Å². The Labute approximate surface area is 76.5 Å². The van der Waals surface area contributed by atoms with Gasteiger partial charge >= 0.3 is 0 Å². The van der Waals surface area contributed by atoms with Crippen molar-refractivity contribution < 1.29 is 5.11 Å². The summed E-state index contributed by atoms with van der Waals surface area (Å²) in [6.07, 6.45) is 1.42. The summed E-state index contributed by atoms with van der Waals surface area (Å²) in [4.78, 5) is 4.04. The van der Waals surface area contributed by atoms with Gasteiger partial charge in [0.25, 0.3) is 0 Å². The summed E-state index contributed by atoms with van der Waals surface area (Å²) in [7, 11) is 0. The van der Waals surface area contributed by atoms with Crippen LogP contribution in [0.15, 0.2) is 42.6 Å². The van der Waals surface area contributed by atoms with Gasteiger partial charge in [0.2, 0.25) is 0 Å². The summed E-state index contributed by atoms with van der Waals surface area (Å²) in [5.41, 5.74) is 1.75. The Kier molecular flexibility index (Phi) is 1.96. The number of aromatic hydroxyl groups is 1. The maximum atomic E-state index is 9.01. The van der Waals surface area contributed by atoms with Crippen molar-refractivity contribution in [2.75, 3.05) is 0 Å². The topological polar surface area (TPSA) is 33.1 Å². The third-order valence-corrected chi connectivity index (χ3v) is 1.73. The largest absolute Gasteiger partial charge is 0.506 e. The highest BCUT2D eigenvalue weighted by atomic mass is 16.3. The quantitative estimate of drug-likeness (QED) is 0.712. The number of nitrogens with zero attached hydrogens (tertiary/aromatic N) is 1. The average Bonchev–Trinajstić information content (AvgIpc) is 2.20. The van der Waals surface area contributed by atoms with E-state index in [1.165, 1.54) is 12.3 Å². The van der Waals surface area contributed by atoms with Gasteiger partial charge in [0.1, 0.15) is 5.75 Å². The second kappa shape index (κ2) is 3.27. The molecular formula is C11H8NO. The number of hydrogen-bond acceptors (Lipinski definition) is 2. The van der Waals surface area contributed by atoms with Crippen LogP contribution in [0.4, 0.5) is 0 Å². The van der Waals surface area contributed by atoms with Crippen LogP contribution in [0.25, 0.3) is 11.3 Å². The molecule has 0 bridgehead atoms. The predicted molar refractivity (Wildman–Crippen MR) is 50.2 cm³/mol. The molecule has 1 aromatic heterocycles. The molecule has 1 aromatic carbocycles. The fourth-order valence-corrected chi connectivity index (χ4v) is 1.10. The van der Waals surface area contributed by atoms with Crippen molar-refractivity contribution in [1.82, 2.24) is 4.98 Å². The molecule has 63 valence electrons. The maximum absolute atomic E-state index is 9.01. The molecule has 2 heteroatoms. The third kappa shape index (κ3) is 1.67. The van der Waals surface area contributed by atoms with Crippen molar-refractivity contribution in [3.05, 3.63) is 48.7 Å². The van der Waals surface area contributed by atoms with Crippen LogP contribution < -0.4 is 0 Å². The zero-order valence-electron chi connectivity index (χ0n) is 6.94. The van der Waals surface area contributed by atoms with Crippen LogP contribution in [0.5, 0.6) is 5.75 Å². The number of hydrogen-bond donors (Lipinski definition) is 1. The first-order valence-electron chi connectivity index (χ1n) is 3.98. The van der Waals surface area contributed by atoms with E-state index < -0.39 is 0 Å². The Bertz CT molecular complexity index is 381. The van der Waals surface area contributed by atoms with E-state index in [1.54, 1.807) is 0 Å². The molecule has 1 radical (unpaired) electrons. The second-order valence-electron chi connectivity index (χ2n) is 2.69. The molecule has 0 spiro atoms. The lowest BCUT2D eigenvalue weighted by atomic mass is 10.1. The Morgan fingerprint density at radius 1 is 1.15 bits per heavy atom. The number of rotatable bonds is 1. The van der Waals surface area contributed by atoms with E-state index in [1.807, 2.05) is 30.3 Å². The summed E-state index contributed by atoms with van der Waals surface area (Å²) < 4.78 is 0. The molecule has 2 aromatic rings. The number of benzene rings is 1. The minimum absolute atomic E-state index is 0.139. The van der Waals surface area contributed by atoms with E-state index in [4.69, 9.17) is 5.11 Å². The van der Waals surface area contributed by atoms with Crippen LogP contribution in [-0.2, 0) is 0 Å². The van der Waals surface area contributed by atoms with Crippen molar-refractivity contribution in [3.63, 3.8) is 0 Å². The van der Waals surface area contributed by atoms with E-state index in [0.717, 1.165) is 11.3 Å². The molecule has 0 fully saturated rings. The molecule has 0 unspecified atom stereocenters. The highest BCUT2D eigenvalue weighted by molar-refractivity contribution is 5.58. The molecule has 0 saturated heterocycles. The first-order chi connectivity index (χ1) is 6.36. The first kappa shape index (κ1) is 7.80. The van der Waals surface area contributed by atoms with Crippen LogP contribution >= 0.6 is 0 Å². The SMILES string of the molecule is Oc1c[c]c(-c2ccccc2)nc1. The lowest BCUT2D eigenvalue weighted by molar-refractivity contribution is 0.472. The molecule has 0 aliphatic carbocycles. The zero-order chi connectivity index (χ0) is 9.10. The molecule has 2 rings (SSSR count). The predicted octanol–water partition coefficient (Wildman–Crippen LogP) is 2.25. The molecule has 1 N–H and O–H groups in total. The molecule has 2 nitrogen and oxygen atoms in total. The van der Waals surface area contributed by atoms with Gasteiger partial charge in [-0.2, -0.15) is 0 Å². The zero-order valence-corrected chi connectivity index (χ0v) is 6.94. The van der Waals surface area contributed by atoms with Gasteiger partial charge in [-0.05, 0) is 6.07 Å². The normalized spacial score (nSPS) is 9.85. The second-order valence-corrected chi connectivity index (χ2v) is 2.69. The Morgan fingerprint density at radius 2 is 1.92 bits per heavy atom.